The number of amides is 1. The molecule has 0 aliphatic heterocycles. The Kier molecular flexibility index (Phi) is 5.36. The number of hydrogen-bond donors (Lipinski definition) is 3. The number of carboxylic acid groups (broad SMARTS) is 2. The molecule has 0 aromatic heterocycles. The summed E-state index contributed by atoms with van der Waals surface area (Å²) >= 11 is 0. The van der Waals surface area contributed by atoms with Crippen molar-refractivity contribution in [2.45, 2.75) is 50.0 Å². The van der Waals surface area contributed by atoms with Crippen LogP contribution < -0.4 is 5.32 Å². The molecule has 6 nitrogen and oxygen atoms in total. The van der Waals surface area contributed by atoms with E-state index in [1.165, 1.54) is 0 Å². The van der Waals surface area contributed by atoms with Crippen LogP contribution in [0.15, 0.2) is 30.3 Å². The van der Waals surface area contributed by atoms with Crippen molar-refractivity contribution in [3.8, 4) is 0 Å². The predicted molar refractivity (Wildman–Crippen MR) is 83.0 cm³/mol. The fraction of sp³-hybridized carbons (Fsp3) is 0.471. The molecule has 0 saturated heterocycles. The molecule has 1 aromatic rings. The third-order valence-electron chi connectivity index (χ3n) is 4.47. The molecule has 3 N–H and O–H groups in total. The first kappa shape index (κ1) is 17.0. The molecule has 1 aliphatic carbocycles. The maximum absolute atomic E-state index is 12.8. The van der Waals surface area contributed by atoms with Crippen molar-refractivity contribution in [1.29, 1.82) is 0 Å². The lowest BCUT2D eigenvalue weighted by Crippen LogP contribution is -2.49. The first-order chi connectivity index (χ1) is 11.0. The van der Waals surface area contributed by atoms with Crippen molar-refractivity contribution < 1.29 is 24.6 Å². The third-order valence-corrected chi connectivity index (χ3v) is 4.47. The van der Waals surface area contributed by atoms with Gasteiger partial charge in [-0.25, -0.2) is 4.79 Å². The van der Waals surface area contributed by atoms with Gasteiger partial charge >= 0.3 is 11.9 Å². The highest BCUT2D eigenvalue weighted by Gasteiger charge is 2.43. The zero-order chi connectivity index (χ0) is 16.9. The van der Waals surface area contributed by atoms with Crippen LogP contribution >= 0.6 is 0 Å². The molecule has 0 radical (unpaired) electrons. The topological polar surface area (TPSA) is 104 Å². The Morgan fingerprint density at radius 2 is 1.70 bits per heavy atom. The van der Waals surface area contributed by atoms with Gasteiger partial charge in [0.2, 0.25) is 5.91 Å². The van der Waals surface area contributed by atoms with E-state index in [1.807, 2.05) is 30.3 Å². The molecule has 0 heterocycles. The van der Waals surface area contributed by atoms with Gasteiger partial charge in [0.25, 0.3) is 0 Å². The fourth-order valence-corrected chi connectivity index (χ4v) is 3.20. The normalized spacial score (nSPS) is 17.4. The van der Waals surface area contributed by atoms with Gasteiger partial charge in [0.05, 0.1) is 5.41 Å². The molecule has 0 unspecified atom stereocenters. The average Bonchev–Trinajstić information content (AvgIpc) is 3.02. The zero-order valence-corrected chi connectivity index (χ0v) is 12.8. The molecule has 1 fully saturated rings. The van der Waals surface area contributed by atoms with Crippen LogP contribution in [-0.2, 0) is 19.8 Å². The summed E-state index contributed by atoms with van der Waals surface area (Å²) in [4.78, 5) is 34.7. The lowest BCUT2D eigenvalue weighted by Gasteiger charge is -2.30. The molecule has 6 heteroatoms. The maximum atomic E-state index is 12.8. The van der Waals surface area contributed by atoms with Crippen molar-refractivity contribution in [2.75, 3.05) is 0 Å². The number of aliphatic carboxylic acids is 2. The molecule has 1 atom stereocenters. The van der Waals surface area contributed by atoms with Gasteiger partial charge in [-0.2, -0.15) is 0 Å². The smallest absolute Gasteiger partial charge is 0.326 e. The van der Waals surface area contributed by atoms with E-state index in [1.54, 1.807) is 0 Å². The minimum absolute atomic E-state index is 0.124. The number of carbonyl (C=O) groups is 3. The van der Waals surface area contributed by atoms with Crippen molar-refractivity contribution in [1.82, 2.24) is 5.32 Å². The number of hydrogen-bond acceptors (Lipinski definition) is 3. The van der Waals surface area contributed by atoms with Crippen LogP contribution in [-0.4, -0.2) is 34.1 Å². The van der Waals surface area contributed by atoms with E-state index in [4.69, 9.17) is 5.11 Å². The van der Waals surface area contributed by atoms with Crippen molar-refractivity contribution in [3.63, 3.8) is 0 Å². The van der Waals surface area contributed by atoms with Gasteiger partial charge in [-0.1, -0.05) is 43.2 Å². The summed E-state index contributed by atoms with van der Waals surface area (Å²) < 4.78 is 0. The van der Waals surface area contributed by atoms with Crippen LogP contribution in [0.25, 0.3) is 0 Å². The van der Waals surface area contributed by atoms with E-state index in [9.17, 15) is 19.5 Å². The number of carbonyl (C=O) groups excluding carboxylic acids is 1. The third kappa shape index (κ3) is 3.88. The molecule has 1 saturated carbocycles. The van der Waals surface area contributed by atoms with Crippen LogP contribution in [0.2, 0.25) is 0 Å². The lowest BCUT2D eigenvalue weighted by atomic mass is 9.77. The van der Waals surface area contributed by atoms with Crippen molar-refractivity contribution >= 4 is 17.8 Å². The lowest BCUT2D eigenvalue weighted by molar-refractivity contribution is -0.144. The van der Waals surface area contributed by atoms with Gasteiger partial charge in [-0.3, -0.25) is 9.59 Å². The minimum Gasteiger partial charge on any atom is -0.481 e. The number of nitrogens with one attached hydrogen (secondary N) is 1. The summed E-state index contributed by atoms with van der Waals surface area (Å²) in [5.41, 5.74) is 0.176. The first-order valence-electron chi connectivity index (χ1n) is 7.77. The van der Waals surface area contributed by atoms with Crippen LogP contribution in [0.4, 0.5) is 0 Å². The highest BCUT2D eigenvalue weighted by Crippen LogP contribution is 2.41. The summed E-state index contributed by atoms with van der Waals surface area (Å²) in [5, 5.41) is 20.5. The number of carboxylic acids is 2. The second-order valence-corrected chi connectivity index (χ2v) is 5.95. The van der Waals surface area contributed by atoms with E-state index in [2.05, 4.69) is 5.32 Å². The quantitative estimate of drug-likeness (QED) is 0.712. The first-order valence-corrected chi connectivity index (χ1v) is 7.77. The number of benzene rings is 1. The molecular formula is C17H21NO5. The summed E-state index contributed by atoms with van der Waals surface area (Å²) in [7, 11) is 0. The van der Waals surface area contributed by atoms with E-state index < -0.39 is 23.4 Å². The molecule has 1 aromatic carbocycles. The molecule has 1 aliphatic rings. The molecule has 0 spiro atoms. The van der Waals surface area contributed by atoms with Crippen molar-refractivity contribution in [3.05, 3.63) is 35.9 Å². The van der Waals surface area contributed by atoms with Crippen LogP contribution in [0.1, 0.15) is 44.1 Å². The molecule has 1 amide bonds. The maximum Gasteiger partial charge on any atom is 0.326 e. The Labute approximate surface area is 134 Å². The van der Waals surface area contributed by atoms with Gasteiger partial charge in [-0.05, 0) is 24.8 Å². The molecule has 2 rings (SSSR count). The summed E-state index contributed by atoms with van der Waals surface area (Å²) in [6, 6.07) is 8.19. The monoisotopic (exact) mass is 319 g/mol. The van der Waals surface area contributed by atoms with Crippen LogP contribution in [0.3, 0.4) is 0 Å². The van der Waals surface area contributed by atoms with Crippen LogP contribution in [0, 0.1) is 0 Å². The van der Waals surface area contributed by atoms with Gasteiger partial charge in [0.15, 0.2) is 0 Å². The highest BCUT2D eigenvalue weighted by molar-refractivity contribution is 5.92. The minimum atomic E-state index is -1.21. The largest absolute Gasteiger partial charge is 0.481 e. The summed E-state index contributed by atoms with van der Waals surface area (Å²) in [6.07, 6.45) is 2.75. The summed E-state index contributed by atoms with van der Waals surface area (Å²) in [6.45, 7) is 0. The van der Waals surface area contributed by atoms with Gasteiger partial charge in [0.1, 0.15) is 6.04 Å². The van der Waals surface area contributed by atoms with E-state index in [-0.39, 0.29) is 18.7 Å². The van der Waals surface area contributed by atoms with E-state index >= 15 is 0 Å². The standard InChI is InChI=1S/C17H21NO5/c19-14(20)9-8-13(15(21)22)18-16(23)17(10-4-5-11-17)12-6-2-1-3-7-12/h1-3,6-7,13H,4-5,8-11H2,(H,18,23)(H,19,20)(H,21,22)/t13-/m1/s1. The molecule has 0 bridgehead atoms. The summed E-state index contributed by atoms with van der Waals surface area (Å²) in [5.74, 6) is -2.61. The van der Waals surface area contributed by atoms with E-state index in [0.29, 0.717) is 12.8 Å². The van der Waals surface area contributed by atoms with E-state index in [0.717, 1.165) is 18.4 Å². The Balaban J connectivity index is 2.18. The van der Waals surface area contributed by atoms with Gasteiger partial charge in [-0.15, -0.1) is 0 Å². The molecule has 124 valence electrons. The van der Waals surface area contributed by atoms with Gasteiger partial charge < -0.3 is 15.5 Å². The van der Waals surface area contributed by atoms with Crippen LogP contribution in [0.5, 0.6) is 0 Å². The Hall–Kier alpha value is -2.37. The number of rotatable bonds is 7. The second kappa shape index (κ2) is 7.26. The Morgan fingerprint density at radius 1 is 1.09 bits per heavy atom. The Bertz CT molecular complexity index is 578. The van der Waals surface area contributed by atoms with Crippen molar-refractivity contribution in [2.24, 2.45) is 0 Å². The zero-order valence-electron chi connectivity index (χ0n) is 12.8. The van der Waals surface area contributed by atoms with Gasteiger partial charge in [0, 0.05) is 6.42 Å². The molecule has 23 heavy (non-hydrogen) atoms. The highest BCUT2D eigenvalue weighted by atomic mass is 16.4. The average molecular weight is 319 g/mol. The predicted octanol–water partition coefficient (Wildman–Crippen LogP) is 1.93. The Morgan fingerprint density at radius 3 is 2.22 bits per heavy atom. The fourth-order valence-electron chi connectivity index (χ4n) is 3.20. The molecular weight excluding hydrogens is 298 g/mol. The SMILES string of the molecule is O=C(O)CC[C@@H](NC(=O)C1(c2ccccc2)CCCC1)C(=O)O. The second-order valence-electron chi connectivity index (χ2n) is 5.95.